The van der Waals surface area contributed by atoms with E-state index in [0.29, 0.717) is 0 Å². The van der Waals surface area contributed by atoms with E-state index in [9.17, 15) is 0 Å². The van der Waals surface area contributed by atoms with Gasteiger partial charge in [-0.25, -0.2) is 0 Å². The van der Waals surface area contributed by atoms with E-state index in [1.807, 2.05) is 0 Å². The first kappa shape index (κ1) is 11.0. The molecule has 3 heteroatoms. The number of hydrogen-bond acceptors (Lipinski definition) is 3. The minimum atomic E-state index is -0.0689. The van der Waals surface area contributed by atoms with Crippen LogP contribution in [0.25, 0.3) is 0 Å². The summed E-state index contributed by atoms with van der Waals surface area (Å²) >= 11 is 0. The molecule has 0 radical (unpaired) electrons. The zero-order valence-electron chi connectivity index (χ0n) is 8.58. The lowest BCUT2D eigenvalue weighted by Gasteiger charge is -2.29. The van der Waals surface area contributed by atoms with Crippen LogP contribution in [0.15, 0.2) is 0 Å². The molecule has 3 N–H and O–H groups in total. The van der Waals surface area contributed by atoms with Crippen LogP contribution in [0.5, 0.6) is 0 Å². The van der Waals surface area contributed by atoms with Crippen LogP contribution in [0.3, 0.4) is 0 Å². The van der Waals surface area contributed by atoms with Gasteiger partial charge in [0.25, 0.3) is 0 Å². The molecule has 0 aliphatic heterocycles. The summed E-state index contributed by atoms with van der Waals surface area (Å²) < 4.78 is 0. The van der Waals surface area contributed by atoms with Crippen molar-refractivity contribution < 1.29 is 5.11 Å². The molecular formula is C10H22N2O. The number of nitrogens with zero attached hydrogens (tertiary/aromatic N) is 1. The Morgan fingerprint density at radius 1 is 1.46 bits per heavy atom. The van der Waals surface area contributed by atoms with Crippen molar-refractivity contribution in [1.82, 2.24) is 4.90 Å². The normalized spacial score (nSPS) is 21.2. The lowest BCUT2D eigenvalue weighted by molar-refractivity contribution is 0.166. The van der Waals surface area contributed by atoms with Crippen LogP contribution in [0.4, 0.5) is 0 Å². The number of aliphatic hydroxyl groups excluding tert-OH is 1. The van der Waals surface area contributed by atoms with E-state index in [1.165, 1.54) is 25.7 Å². The first-order chi connectivity index (χ1) is 6.27. The summed E-state index contributed by atoms with van der Waals surface area (Å²) in [4.78, 5) is 2.41. The maximum atomic E-state index is 8.87. The smallest absolute Gasteiger partial charge is 0.0595 e. The summed E-state index contributed by atoms with van der Waals surface area (Å²) in [6.45, 7) is 4.17. The molecule has 1 rings (SSSR count). The highest BCUT2D eigenvalue weighted by atomic mass is 16.3. The minimum absolute atomic E-state index is 0.0689. The third-order valence-electron chi connectivity index (χ3n) is 2.95. The molecular weight excluding hydrogens is 164 g/mol. The van der Waals surface area contributed by atoms with E-state index in [4.69, 9.17) is 10.8 Å². The first-order valence-corrected chi connectivity index (χ1v) is 5.38. The SMILES string of the molecule is CCN(CC(N)CO)C1CCCC1. The highest BCUT2D eigenvalue weighted by molar-refractivity contribution is 4.79. The summed E-state index contributed by atoms with van der Waals surface area (Å²) in [5.41, 5.74) is 5.73. The van der Waals surface area contributed by atoms with Crippen molar-refractivity contribution in [2.45, 2.75) is 44.7 Å². The van der Waals surface area contributed by atoms with E-state index in [2.05, 4.69) is 11.8 Å². The Kier molecular flexibility index (Phi) is 4.70. The van der Waals surface area contributed by atoms with Crippen LogP contribution in [-0.2, 0) is 0 Å². The zero-order chi connectivity index (χ0) is 9.68. The van der Waals surface area contributed by atoms with Gasteiger partial charge < -0.3 is 10.8 Å². The van der Waals surface area contributed by atoms with Gasteiger partial charge in [0.05, 0.1) is 6.61 Å². The molecule has 0 saturated heterocycles. The van der Waals surface area contributed by atoms with Crippen LogP contribution in [0.2, 0.25) is 0 Å². The molecule has 1 saturated carbocycles. The fourth-order valence-corrected chi connectivity index (χ4v) is 2.16. The van der Waals surface area contributed by atoms with Crippen LogP contribution < -0.4 is 5.73 Å². The summed E-state index contributed by atoms with van der Waals surface area (Å²) in [6.07, 6.45) is 5.34. The molecule has 0 bridgehead atoms. The second kappa shape index (κ2) is 5.58. The van der Waals surface area contributed by atoms with E-state index in [-0.39, 0.29) is 12.6 Å². The molecule has 0 spiro atoms. The van der Waals surface area contributed by atoms with Gasteiger partial charge in [0.2, 0.25) is 0 Å². The number of nitrogens with two attached hydrogens (primary N) is 1. The summed E-state index contributed by atoms with van der Waals surface area (Å²) in [5, 5.41) is 8.87. The molecule has 78 valence electrons. The maximum Gasteiger partial charge on any atom is 0.0595 e. The molecule has 0 aromatic rings. The first-order valence-electron chi connectivity index (χ1n) is 5.38. The van der Waals surface area contributed by atoms with Crippen molar-refractivity contribution in [3.05, 3.63) is 0 Å². The van der Waals surface area contributed by atoms with E-state index >= 15 is 0 Å². The molecule has 0 aromatic carbocycles. The summed E-state index contributed by atoms with van der Waals surface area (Å²) in [7, 11) is 0. The van der Waals surface area contributed by atoms with Crippen LogP contribution in [0, 0.1) is 0 Å². The highest BCUT2D eigenvalue weighted by Gasteiger charge is 2.22. The monoisotopic (exact) mass is 186 g/mol. The van der Waals surface area contributed by atoms with Gasteiger partial charge in [-0.15, -0.1) is 0 Å². The lowest BCUT2D eigenvalue weighted by Crippen LogP contribution is -2.43. The summed E-state index contributed by atoms with van der Waals surface area (Å²) in [5.74, 6) is 0. The Bertz CT molecular complexity index is 135. The Morgan fingerprint density at radius 2 is 2.08 bits per heavy atom. The van der Waals surface area contributed by atoms with Crippen LogP contribution >= 0.6 is 0 Å². The molecule has 3 nitrogen and oxygen atoms in total. The number of rotatable bonds is 5. The zero-order valence-corrected chi connectivity index (χ0v) is 8.58. The quantitative estimate of drug-likeness (QED) is 0.660. The van der Waals surface area contributed by atoms with E-state index < -0.39 is 0 Å². The van der Waals surface area contributed by atoms with Crippen molar-refractivity contribution in [3.63, 3.8) is 0 Å². The minimum Gasteiger partial charge on any atom is -0.395 e. The predicted molar refractivity (Wildman–Crippen MR) is 54.6 cm³/mol. The van der Waals surface area contributed by atoms with Gasteiger partial charge in [0.15, 0.2) is 0 Å². The van der Waals surface area contributed by atoms with E-state index in [1.54, 1.807) is 0 Å². The molecule has 0 amide bonds. The lowest BCUT2D eigenvalue weighted by atomic mass is 10.2. The standard InChI is InChI=1S/C10H22N2O/c1-2-12(7-9(11)8-13)10-5-3-4-6-10/h9-10,13H,2-8,11H2,1H3. The van der Waals surface area contributed by atoms with Gasteiger partial charge in [-0.3, -0.25) is 4.90 Å². The van der Waals surface area contributed by atoms with Crippen molar-refractivity contribution in [2.75, 3.05) is 19.7 Å². The van der Waals surface area contributed by atoms with Crippen molar-refractivity contribution in [3.8, 4) is 0 Å². The molecule has 0 aromatic heterocycles. The molecule has 1 unspecified atom stereocenters. The molecule has 0 heterocycles. The number of hydrogen-bond donors (Lipinski definition) is 2. The van der Waals surface area contributed by atoms with Gasteiger partial charge in [0.1, 0.15) is 0 Å². The molecule has 1 fully saturated rings. The number of likely N-dealkylation sites (N-methyl/N-ethyl adjacent to an activating group) is 1. The molecule has 1 aliphatic rings. The van der Waals surface area contributed by atoms with Crippen molar-refractivity contribution >= 4 is 0 Å². The van der Waals surface area contributed by atoms with E-state index in [0.717, 1.165) is 19.1 Å². The van der Waals surface area contributed by atoms with Crippen molar-refractivity contribution in [2.24, 2.45) is 5.73 Å². The Morgan fingerprint density at radius 3 is 2.54 bits per heavy atom. The Balaban J connectivity index is 2.32. The van der Waals surface area contributed by atoms with Gasteiger partial charge >= 0.3 is 0 Å². The second-order valence-corrected chi connectivity index (χ2v) is 3.97. The second-order valence-electron chi connectivity index (χ2n) is 3.97. The molecule has 1 aliphatic carbocycles. The third kappa shape index (κ3) is 3.25. The van der Waals surface area contributed by atoms with Gasteiger partial charge in [0, 0.05) is 18.6 Å². The number of aliphatic hydroxyl groups is 1. The average molecular weight is 186 g/mol. The van der Waals surface area contributed by atoms with Crippen LogP contribution in [-0.4, -0.2) is 41.8 Å². The predicted octanol–water partition coefficient (Wildman–Crippen LogP) is 0.570. The largest absolute Gasteiger partial charge is 0.395 e. The summed E-state index contributed by atoms with van der Waals surface area (Å²) in [6, 6.07) is 0.656. The van der Waals surface area contributed by atoms with Gasteiger partial charge in [-0.1, -0.05) is 19.8 Å². The van der Waals surface area contributed by atoms with Crippen molar-refractivity contribution in [1.29, 1.82) is 0 Å². The topological polar surface area (TPSA) is 49.5 Å². The maximum absolute atomic E-state index is 8.87. The molecule has 13 heavy (non-hydrogen) atoms. The average Bonchev–Trinajstić information content (AvgIpc) is 2.66. The van der Waals surface area contributed by atoms with Crippen LogP contribution in [0.1, 0.15) is 32.6 Å². The Labute approximate surface area is 80.9 Å². The third-order valence-corrected chi connectivity index (χ3v) is 2.95. The molecule has 1 atom stereocenters. The van der Waals surface area contributed by atoms with Gasteiger partial charge in [-0.2, -0.15) is 0 Å². The fourth-order valence-electron chi connectivity index (χ4n) is 2.16. The highest BCUT2D eigenvalue weighted by Crippen LogP contribution is 2.23. The van der Waals surface area contributed by atoms with Gasteiger partial charge in [-0.05, 0) is 19.4 Å². The fraction of sp³-hybridized carbons (Fsp3) is 1.00. The Hall–Kier alpha value is -0.120.